The number of nitro groups is 1. The second-order valence-corrected chi connectivity index (χ2v) is 3.82. The quantitative estimate of drug-likeness (QED) is 0.517. The van der Waals surface area contributed by atoms with E-state index in [2.05, 4.69) is 20.7 Å². The van der Waals surface area contributed by atoms with Crippen LogP contribution in [-0.4, -0.2) is 18.0 Å². The molecule has 0 aromatic heterocycles. The number of ether oxygens (including phenoxy) is 1. The third-order valence-corrected chi connectivity index (χ3v) is 2.67. The van der Waals surface area contributed by atoms with E-state index in [0.717, 1.165) is 0 Å². The van der Waals surface area contributed by atoms with Crippen LogP contribution in [-0.2, 0) is 9.53 Å². The Bertz CT molecular complexity index is 436. The Morgan fingerprint density at radius 2 is 2.25 bits per heavy atom. The van der Waals surface area contributed by atoms with Gasteiger partial charge < -0.3 is 10.5 Å². The lowest BCUT2D eigenvalue weighted by Gasteiger charge is -2.10. The third kappa shape index (κ3) is 2.56. The van der Waals surface area contributed by atoms with Crippen molar-refractivity contribution in [1.29, 1.82) is 0 Å². The Hall–Kier alpha value is -1.47. The van der Waals surface area contributed by atoms with Gasteiger partial charge in [-0.25, -0.2) is 0 Å². The van der Waals surface area contributed by atoms with Crippen molar-refractivity contribution in [2.75, 3.05) is 7.11 Å². The topological polar surface area (TPSA) is 95.5 Å². The Morgan fingerprint density at radius 1 is 1.62 bits per heavy atom. The van der Waals surface area contributed by atoms with Crippen LogP contribution in [0.15, 0.2) is 22.7 Å². The summed E-state index contributed by atoms with van der Waals surface area (Å²) in [6.07, 6.45) is 0. The fraction of sp³-hybridized carbons (Fsp3) is 0.222. The van der Waals surface area contributed by atoms with Crippen molar-refractivity contribution in [1.82, 2.24) is 0 Å². The summed E-state index contributed by atoms with van der Waals surface area (Å²) >= 11 is 3.12. The minimum atomic E-state index is -0.958. The number of methoxy groups -OCH3 is 1. The number of nitro benzene ring substituents is 1. The van der Waals surface area contributed by atoms with Crippen molar-refractivity contribution in [3.63, 3.8) is 0 Å². The minimum Gasteiger partial charge on any atom is -0.468 e. The molecule has 16 heavy (non-hydrogen) atoms. The van der Waals surface area contributed by atoms with E-state index in [4.69, 9.17) is 5.73 Å². The molecular weight excluding hydrogens is 280 g/mol. The van der Waals surface area contributed by atoms with E-state index in [0.29, 0.717) is 10.0 Å². The molecule has 0 fully saturated rings. The standard InChI is InChI=1S/C9H9BrN2O4/c1-16-9(13)8(11)6-3-2-5(12(14)15)4-7(6)10/h2-4,8H,11H2,1H3. The first-order valence-corrected chi connectivity index (χ1v) is 5.04. The highest BCUT2D eigenvalue weighted by molar-refractivity contribution is 9.10. The van der Waals surface area contributed by atoms with Crippen LogP contribution in [0.3, 0.4) is 0 Å². The Morgan fingerprint density at radius 3 is 2.69 bits per heavy atom. The maximum atomic E-state index is 11.2. The normalized spacial score (nSPS) is 11.9. The number of non-ortho nitro benzene ring substituents is 1. The second-order valence-electron chi connectivity index (χ2n) is 2.96. The molecule has 0 aliphatic heterocycles. The molecule has 1 aromatic rings. The first-order chi connectivity index (χ1) is 7.47. The first-order valence-electron chi connectivity index (χ1n) is 4.24. The molecular formula is C9H9BrN2O4. The number of rotatable bonds is 3. The molecule has 1 aromatic carbocycles. The number of hydrogen-bond acceptors (Lipinski definition) is 5. The van der Waals surface area contributed by atoms with Crippen molar-refractivity contribution in [3.8, 4) is 0 Å². The molecule has 2 N–H and O–H groups in total. The van der Waals surface area contributed by atoms with Crippen LogP contribution < -0.4 is 5.73 Å². The maximum Gasteiger partial charge on any atom is 0.327 e. The summed E-state index contributed by atoms with van der Waals surface area (Å²) in [6, 6.07) is 3.03. The number of nitrogens with two attached hydrogens (primary N) is 1. The fourth-order valence-corrected chi connectivity index (χ4v) is 1.75. The van der Waals surface area contributed by atoms with Crippen molar-refractivity contribution < 1.29 is 14.5 Å². The lowest BCUT2D eigenvalue weighted by molar-refractivity contribution is -0.384. The van der Waals surface area contributed by atoms with Crippen molar-refractivity contribution >= 4 is 27.6 Å². The number of benzene rings is 1. The monoisotopic (exact) mass is 288 g/mol. The Labute approximate surface area is 99.7 Å². The molecule has 1 atom stereocenters. The lowest BCUT2D eigenvalue weighted by Crippen LogP contribution is -2.22. The van der Waals surface area contributed by atoms with E-state index in [-0.39, 0.29) is 5.69 Å². The van der Waals surface area contributed by atoms with E-state index in [9.17, 15) is 14.9 Å². The summed E-state index contributed by atoms with van der Waals surface area (Å²) in [5.74, 6) is -0.602. The van der Waals surface area contributed by atoms with Crippen LogP contribution in [0, 0.1) is 10.1 Å². The molecule has 86 valence electrons. The van der Waals surface area contributed by atoms with Gasteiger partial charge >= 0.3 is 5.97 Å². The largest absolute Gasteiger partial charge is 0.468 e. The van der Waals surface area contributed by atoms with E-state index in [1.807, 2.05) is 0 Å². The van der Waals surface area contributed by atoms with Crippen molar-refractivity contribution in [2.24, 2.45) is 5.73 Å². The van der Waals surface area contributed by atoms with Gasteiger partial charge in [0.2, 0.25) is 0 Å². The van der Waals surface area contributed by atoms with Crippen LogP contribution >= 0.6 is 15.9 Å². The molecule has 6 nitrogen and oxygen atoms in total. The number of esters is 1. The lowest BCUT2D eigenvalue weighted by atomic mass is 10.1. The third-order valence-electron chi connectivity index (χ3n) is 1.99. The number of hydrogen-bond donors (Lipinski definition) is 1. The van der Waals surface area contributed by atoms with Crippen LogP contribution in [0.2, 0.25) is 0 Å². The van der Waals surface area contributed by atoms with E-state index in [1.54, 1.807) is 0 Å². The van der Waals surface area contributed by atoms with Crippen LogP contribution in [0.1, 0.15) is 11.6 Å². The zero-order chi connectivity index (χ0) is 12.3. The predicted molar refractivity (Wildman–Crippen MR) is 59.7 cm³/mol. The van der Waals surface area contributed by atoms with Crippen LogP contribution in [0.25, 0.3) is 0 Å². The van der Waals surface area contributed by atoms with Gasteiger partial charge in [0.25, 0.3) is 5.69 Å². The molecule has 1 rings (SSSR count). The molecule has 0 saturated heterocycles. The van der Waals surface area contributed by atoms with Crippen LogP contribution in [0.5, 0.6) is 0 Å². The van der Waals surface area contributed by atoms with Gasteiger partial charge in [0, 0.05) is 16.6 Å². The molecule has 0 aliphatic carbocycles. The SMILES string of the molecule is COC(=O)C(N)c1ccc([N+](=O)[O-])cc1Br. The van der Waals surface area contributed by atoms with Gasteiger partial charge in [-0.3, -0.25) is 14.9 Å². The Kier molecular flexibility index (Phi) is 3.97. The van der Waals surface area contributed by atoms with Gasteiger partial charge in [0.15, 0.2) is 0 Å². The highest BCUT2D eigenvalue weighted by Gasteiger charge is 2.20. The van der Waals surface area contributed by atoms with Gasteiger partial charge in [-0.15, -0.1) is 0 Å². The number of carbonyl (C=O) groups is 1. The average Bonchev–Trinajstić information content (AvgIpc) is 2.26. The zero-order valence-corrected chi connectivity index (χ0v) is 9.93. The molecule has 0 radical (unpaired) electrons. The number of halogens is 1. The first kappa shape index (κ1) is 12.6. The Balaban J connectivity index is 3.08. The van der Waals surface area contributed by atoms with E-state index < -0.39 is 16.9 Å². The second kappa shape index (κ2) is 5.04. The highest BCUT2D eigenvalue weighted by Crippen LogP contribution is 2.27. The summed E-state index contributed by atoms with van der Waals surface area (Å²) in [5, 5.41) is 10.5. The zero-order valence-electron chi connectivity index (χ0n) is 8.34. The van der Waals surface area contributed by atoms with Gasteiger partial charge in [0.1, 0.15) is 6.04 Å². The van der Waals surface area contributed by atoms with E-state index >= 15 is 0 Å². The molecule has 0 spiro atoms. The molecule has 7 heteroatoms. The number of nitrogens with zero attached hydrogens (tertiary/aromatic N) is 1. The summed E-state index contributed by atoms with van der Waals surface area (Å²) < 4.78 is 4.88. The van der Waals surface area contributed by atoms with Gasteiger partial charge in [-0.1, -0.05) is 15.9 Å². The van der Waals surface area contributed by atoms with Gasteiger partial charge in [-0.05, 0) is 11.6 Å². The fourth-order valence-electron chi connectivity index (χ4n) is 1.14. The van der Waals surface area contributed by atoms with Crippen molar-refractivity contribution in [3.05, 3.63) is 38.3 Å². The predicted octanol–water partition coefficient (Wildman–Crippen LogP) is 1.53. The maximum absolute atomic E-state index is 11.2. The molecule has 1 unspecified atom stereocenters. The van der Waals surface area contributed by atoms with Crippen LogP contribution in [0.4, 0.5) is 5.69 Å². The minimum absolute atomic E-state index is 0.0762. The molecule has 0 bridgehead atoms. The molecule has 0 aliphatic rings. The molecule has 0 heterocycles. The van der Waals surface area contributed by atoms with Gasteiger partial charge in [-0.2, -0.15) is 0 Å². The summed E-state index contributed by atoms with van der Waals surface area (Å²) in [6.45, 7) is 0. The summed E-state index contributed by atoms with van der Waals surface area (Å²) in [7, 11) is 1.22. The van der Waals surface area contributed by atoms with E-state index in [1.165, 1.54) is 25.3 Å². The van der Waals surface area contributed by atoms with Gasteiger partial charge in [0.05, 0.1) is 12.0 Å². The average molecular weight is 289 g/mol. The summed E-state index contributed by atoms with van der Waals surface area (Å²) in [4.78, 5) is 21.1. The smallest absolute Gasteiger partial charge is 0.327 e. The highest BCUT2D eigenvalue weighted by atomic mass is 79.9. The molecule has 0 saturated carbocycles. The number of carbonyl (C=O) groups excluding carboxylic acids is 1. The van der Waals surface area contributed by atoms with Crippen molar-refractivity contribution in [2.45, 2.75) is 6.04 Å². The molecule has 0 amide bonds. The summed E-state index contributed by atoms with van der Waals surface area (Å²) in [5.41, 5.74) is 5.97.